The number of hydrogen-bond donors (Lipinski definition) is 1. The molecule has 0 aromatic heterocycles. The average Bonchev–Trinajstić information content (AvgIpc) is 2.34. The Morgan fingerprint density at radius 1 is 0.833 bits per heavy atom. The zero-order chi connectivity index (χ0) is 13.5. The van der Waals surface area contributed by atoms with Gasteiger partial charge in [-0.05, 0) is 6.42 Å². The van der Waals surface area contributed by atoms with E-state index in [1.54, 1.807) is 0 Å². The largest absolute Gasteiger partial charge is 0.393 e. The van der Waals surface area contributed by atoms with Gasteiger partial charge >= 0.3 is 0 Å². The van der Waals surface area contributed by atoms with E-state index in [1.165, 1.54) is 64.2 Å². The van der Waals surface area contributed by atoms with E-state index in [4.69, 9.17) is 22.7 Å². The quantitative estimate of drug-likeness (QED) is 0.371. The summed E-state index contributed by atoms with van der Waals surface area (Å²) in [7, 11) is 0. The molecule has 0 aromatic carbocycles. The normalized spacial score (nSPS) is 10.7. The first-order valence-electron chi connectivity index (χ1n) is 7.63. The van der Waals surface area contributed by atoms with Crippen molar-refractivity contribution in [1.82, 2.24) is 0 Å². The predicted octanol–water partition coefficient (Wildman–Crippen LogP) is 4.60. The van der Waals surface area contributed by atoms with E-state index in [1.807, 2.05) is 0 Å². The Morgan fingerprint density at radius 2 is 1.33 bits per heavy atom. The Balaban J connectivity index is 2.92. The summed E-state index contributed by atoms with van der Waals surface area (Å²) in [6.45, 7) is 3.81. The van der Waals surface area contributed by atoms with Gasteiger partial charge in [-0.1, -0.05) is 76.9 Å². The standard InChI is InChI=1S/C15H31NOS/c1-2-3-4-5-6-7-8-9-10-11-13-17-14-12-15(16)18/h2-14H2,1H3,(H2,16,18). The lowest BCUT2D eigenvalue weighted by Gasteiger charge is -2.04. The zero-order valence-electron chi connectivity index (χ0n) is 12.1. The van der Waals surface area contributed by atoms with Gasteiger partial charge in [0.05, 0.1) is 11.6 Å². The zero-order valence-corrected chi connectivity index (χ0v) is 12.9. The highest BCUT2D eigenvalue weighted by Gasteiger charge is 1.94. The van der Waals surface area contributed by atoms with Gasteiger partial charge in [0, 0.05) is 13.0 Å². The minimum atomic E-state index is 0.554. The van der Waals surface area contributed by atoms with Gasteiger partial charge in [0.2, 0.25) is 0 Å². The SMILES string of the molecule is CCCCCCCCCCCCOCCC(N)=S. The number of ether oxygens (including phenoxy) is 1. The number of thiocarbonyl (C=S) groups is 1. The Morgan fingerprint density at radius 3 is 1.83 bits per heavy atom. The van der Waals surface area contributed by atoms with Crippen molar-refractivity contribution >= 4 is 17.2 Å². The molecule has 0 fully saturated rings. The fourth-order valence-electron chi connectivity index (χ4n) is 1.97. The van der Waals surface area contributed by atoms with Crippen LogP contribution >= 0.6 is 12.2 Å². The Hall–Kier alpha value is -0.150. The summed E-state index contributed by atoms with van der Waals surface area (Å²) < 4.78 is 5.45. The minimum absolute atomic E-state index is 0.554. The molecule has 108 valence electrons. The molecule has 0 amide bonds. The molecule has 2 nitrogen and oxygen atoms in total. The first-order valence-corrected chi connectivity index (χ1v) is 8.04. The molecule has 0 aliphatic heterocycles. The van der Waals surface area contributed by atoms with Crippen LogP contribution in [-0.2, 0) is 4.74 Å². The third kappa shape index (κ3) is 15.9. The van der Waals surface area contributed by atoms with Crippen LogP contribution in [0.1, 0.15) is 77.6 Å². The van der Waals surface area contributed by atoms with Crippen LogP contribution in [0.3, 0.4) is 0 Å². The smallest absolute Gasteiger partial charge is 0.0750 e. The summed E-state index contributed by atoms with van der Waals surface area (Å²) in [5, 5.41) is 0. The van der Waals surface area contributed by atoms with Crippen LogP contribution in [0.15, 0.2) is 0 Å². The molecular formula is C15H31NOS. The Bertz CT molecular complexity index is 185. The lowest BCUT2D eigenvalue weighted by atomic mass is 10.1. The van der Waals surface area contributed by atoms with Gasteiger partial charge in [0.1, 0.15) is 0 Å². The fraction of sp³-hybridized carbons (Fsp3) is 0.933. The van der Waals surface area contributed by atoms with Gasteiger partial charge in [-0.25, -0.2) is 0 Å². The maximum absolute atomic E-state index is 5.45. The van der Waals surface area contributed by atoms with E-state index in [0.717, 1.165) is 6.61 Å². The molecule has 18 heavy (non-hydrogen) atoms. The molecule has 0 spiro atoms. The van der Waals surface area contributed by atoms with Crippen LogP contribution in [0.2, 0.25) is 0 Å². The molecule has 0 saturated carbocycles. The van der Waals surface area contributed by atoms with Crippen molar-refractivity contribution in [2.75, 3.05) is 13.2 Å². The summed E-state index contributed by atoms with van der Waals surface area (Å²) in [6.07, 6.45) is 14.4. The second-order valence-electron chi connectivity index (χ2n) is 5.01. The van der Waals surface area contributed by atoms with Crippen molar-refractivity contribution in [2.45, 2.75) is 77.6 Å². The molecule has 0 unspecified atom stereocenters. The van der Waals surface area contributed by atoms with Crippen LogP contribution < -0.4 is 5.73 Å². The van der Waals surface area contributed by atoms with Crippen LogP contribution in [0.5, 0.6) is 0 Å². The average molecular weight is 273 g/mol. The van der Waals surface area contributed by atoms with Gasteiger partial charge in [-0.15, -0.1) is 0 Å². The van der Waals surface area contributed by atoms with Gasteiger partial charge in [0.25, 0.3) is 0 Å². The molecule has 2 N–H and O–H groups in total. The summed E-state index contributed by atoms with van der Waals surface area (Å²) in [5.74, 6) is 0. The van der Waals surface area contributed by atoms with E-state index < -0.39 is 0 Å². The molecule has 0 atom stereocenters. The van der Waals surface area contributed by atoms with Crippen molar-refractivity contribution in [3.63, 3.8) is 0 Å². The molecule has 0 aromatic rings. The van der Waals surface area contributed by atoms with Crippen LogP contribution in [-0.4, -0.2) is 18.2 Å². The number of hydrogen-bond acceptors (Lipinski definition) is 2. The second-order valence-corrected chi connectivity index (χ2v) is 5.54. The van der Waals surface area contributed by atoms with E-state index in [2.05, 4.69) is 6.92 Å². The topological polar surface area (TPSA) is 35.2 Å². The summed E-state index contributed by atoms with van der Waals surface area (Å²) >= 11 is 4.78. The maximum Gasteiger partial charge on any atom is 0.0750 e. The third-order valence-corrected chi connectivity index (χ3v) is 3.34. The Labute approximate surface area is 119 Å². The van der Waals surface area contributed by atoms with Gasteiger partial charge in [0.15, 0.2) is 0 Å². The van der Waals surface area contributed by atoms with Gasteiger partial charge in [-0.2, -0.15) is 0 Å². The lowest BCUT2D eigenvalue weighted by molar-refractivity contribution is 0.136. The van der Waals surface area contributed by atoms with E-state index in [0.29, 0.717) is 18.0 Å². The number of nitrogens with two attached hydrogens (primary N) is 1. The molecule has 3 heteroatoms. The van der Waals surface area contributed by atoms with Crippen molar-refractivity contribution in [3.8, 4) is 0 Å². The fourth-order valence-corrected chi connectivity index (χ4v) is 2.05. The van der Waals surface area contributed by atoms with Crippen LogP contribution in [0, 0.1) is 0 Å². The highest BCUT2D eigenvalue weighted by molar-refractivity contribution is 7.80. The summed E-state index contributed by atoms with van der Waals surface area (Å²) in [4.78, 5) is 0.554. The molecule has 0 heterocycles. The third-order valence-electron chi connectivity index (χ3n) is 3.14. The number of unbranched alkanes of at least 4 members (excludes halogenated alkanes) is 9. The van der Waals surface area contributed by atoms with Crippen LogP contribution in [0.25, 0.3) is 0 Å². The predicted molar refractivity (Wildman–Crippen MR) is 84.1 cm³/mol. The molecule has 0 radical (unpaired) electrons. The molecule has 0 aliphatic rings. The lowest BCUT2D eigenvalue weighted by Crippen LogP contribution is -2.11. The van der Waals surface area contributed by atoms with Crippen molar-refractivity contribution < 1.29 is 4.74 Å². The maximum atomic E-state index is 5.45. The molecule has 0 rings (SSSR count). The Kier molecular flexibility index (Phi) is 14.8. The highest BCUT2D eigenvalue weighted by Crippen LogP contribution is 2.10. The minimum Gasteiger partial charge on any atom is -0.393 e. The molecule has 0 aliphatic carbocycles. The van der Waals surface area contributed by atoms with E-state index in [-0.39, 0.29) is 0 Å². The second kappa shape index (κ2) is 14.9. The molecular weight excluding hydrogens is 242 g/mol. The number of rotatable bonds is 14. The van der Waals surface area contributed by atoms with Crippen molar-refractivity contribution in [1.29, 1.82) is 0 Å². The van der Waals surface area contributed by atoms with E-state index >= 15 is 0 Å². The first-order chi connectivity index (χ1) is 8.77. The van der Waals surface area contributed by atoms with Gasteiger partial charge in [-0.3, -0.25) is 0 Å². The summed E-state index contributed by atoms with van der Waals surface area (Å²) in [5.41, 5.74) is 5.38. The highest BCUT2D eigenvalue weighted by atomic mass is 32.1. The van der Waals surface area contributed by atoms with Crippen LogP contribution in [0.4, 0.5) is 0 Å². The molecule has 0 saturated heterocycles. The van der Waals surface area contributed by atoms with Gasteiger partial charge < -0.3 is 10.5 Å². The van der Waals surface area contributed by atoms with Crippen molar-refractivity contribution in [3.05, 3.63) is 0 Å². The monoisotopic (exact) mass is 273 g/mol. The van der Waals surface area contributed by atoms with E-state index in [9.17, 15) is 0 Å². The first kappa shape index (κ1) is 17.8. The van der Waals surface area contributed by atoms with Crippen molar-refractivity contribution in [2.24, 2.45) is 5.73 Å². The molecule has 0 bridgehead atoms. The summed E-state index contributed by atoms with van der Waals surface area (Å²) in [6, 6.07) is 0.